The summed E-state index contributed by atoms with van der Waals surface area (Å²) in [4.78, 5) is 18.0. The minimum atomic E-state index is -0.230. The molecule has 0 aromatic carbocycles. The minimum absolute atomic E-state index is 0.0960. The van der Waals surface area contributed by atoms with Gasteiger partial charge < -0.3 is 19.5 Å². The molecular formula is C13H24N4O2. The molecule has 0 bridgehead atoms. The molecule has 0 fully saturated rings. The fraction of sp³-hybridized carbons (Fsp3) is 0.692. The number of aromatic nitrogens is 2. The van der Waals surface area contributed by atoms with Crippen LogP contribution in [0.4, 0.5) is 0 Å². The van der Waals surface area contributed by atoms with Gasteiger partial charge in [0.1, 0.15) is 6.04 Å². The first-order valence-corrected chi connectivity index (χ1v) is 6.57. The van der Waals surface area contributed by atoms with Crippen molar-refractivity contribution in [3.8, 4) is 0 Å². The topological polar surface area (TPSA) is 59.4 Å². The van der Waals surface area contributed by atoms with Gasteiger partial charge in [-0.2, -0.15) is 0 Å². The van der Waals surface area contributed by atoms with Crippen LogP contribution in [0.25, 0.3) is 0 Å². The maximum absolute atomic E-state index is 12.1. The Morgan fingerprint density at radius 1 is 1.63 bits per heavy atom. The van der Waals surface area contributed by atoms with Gasteiger partial charge in [-0.1, -0.05) is 0 Å². The van der Waals surface area contributed by atoms with Gasteiger partial charge in [-0.15, -0.1) is 0 Å². The molecule has 1 atom stereocenters. The molecule has 6 heteroatoms. The molecule has 1 amide bonds. The lowest BCUT2D eigenvalue weighted by molar-refractivity contribution is -0.132. The Balaban J connectivity index is 2.63. The van der Waals surface area contributed by atoms with Crippen LogP contribution in [0, 0.1) is 0 Å². The number of rotatable bonds is 8. The molecule has 0 saturated carbocycles. The van der Waals surface area contributed by atoms with Crippen LogP contribution >= 0.6 is 0 Å². The first-order chi connectivity index (χ1) is 9.11. The number of hydrogen-bond donors (Lipinski definition) is 1. The first kappa shape index (κ1) is 15.7. The number of ether oxygens (including phenoxy) is 1. The SMILES string of the molecule is CCN(C)C(=O)C(C)n1cncc1CNCCOC. The molecule has 1 unspecified atom stereocenters. The van der Waals surface area contributed by atoms with Crippen molar-refractivity contribution in [2.45, 2.75) is 26.4 Å². The van der Waals surface area contributed by atoms with Gasteiger partial charge in [0.2, 0.25) is 5.91 Å². The molecule has 0 radical (unpaired) electrons. The minimum Gasteiger partial charge on any atom is -0.383 e. The van der Waals surface area contributed by atoms with E-state index in [4.69, 9.17) is 4.74 Å². The molecule has 0 aliphatic carbocycles. The molecule has 1 rings (SSSR count). The lowest BCUT2D eigenvalue weighted by atomic mass is 10.2. The summed E-state index contributed by atoms with van der Waals surface area (Å²) in [5.74, 6) is 0.0960. The second-order valence-corrected chi connectivity index (χ2v) is 4.49. The lowest BCUT2D eigenvalue weighted by Crippen LogP contribution is -2.33. The van der Waals surface area contributed by atoms with E-state index >= 15 is 0 Å². The van der Waals surface area contributed by atoms with Crippen LogP contribution in [-0.4, -0.2) is 54.2 Å². The number of likely N-dealkylation sites (N-methyl/N-ethyl adjacent to an activating group) is 1. The summed E-state index contributed by atoms with van der Waals surface area (Å²) in [6.45, 7) is 6.69. The van der Waals surface area contributed by atoms with Gasteiger partial charge in [0, 0.05) is 40.0 Å². The van der Waals surface area contributed by atoms with E-state index < -0.39 is 0 Å². The van der Waals surface area contributed by atoms with Crippen LogP contribution < -0.4 is 5.32 Å². The van der Waals surface area contributed by atoms with Gasteiger partial charge in [0.25, 0.3) is 0 Å². The van der Waals surface area contributed by atoms with Crippen molar-refractivity contribution in [3.63, 3.8) is 0 Å². The second-order valence-electron chi connectivity index (χ2n) is 4.49. The Morgan fingerprint density at radius 3 is 3.00 bits per heavy atom. The Hall–Kier alpha value is -1.40. The maximum Gasteiger partial charge on any atom is 0.245 e. The van der Waals surface area contributed by atoms with Gasteiger partial charge in [0.15, 0.2) is 0 Å². The summed E-state index contributed by atoms with van der Waals surface area (Å²) in [5, 5.41) is 3.26. The average Bonchev–Trinajstić information content (AvgIpc) is 2.89. The highest BCUT2D eigenvalue weighted by Gasteiger charge is 2.19. The lowest BCUT2D eigenvalue weighted by Gasteiger charge is -2.22. The van der Waals surface area contributed by atoms with Gasteiger partial charge in [0.05, 0.1) is 18.6 Å². The summed E-state index contributed by atoms with van der Waals surface area (Å²) in [7, 11) is 3.49. The molecule has 19 heavy (non-hydrogen) atoms. The van der Waals surface area contributed by atoms with Gasteiger partial charge >= 0.3 is 0 Å². The Kier molecular flexibility index (Phi) is 6.52. The second kappa shape index (κ2) is 7.91. The predicted molar refractivity (Wildman–Crippen MR) is 73.8 cm³/mol. The summed E-state index contributed by atoms with van der Waals surface area (Å²) in [6.07, 6.45) is 3.49. The van der Waals surface area contributed by atoms with E-state index in [1.54, 1.807) is 24.5 Å². The molecule has 1 aromatic heterocycles. The number of nitrogens with zero attached hydrogens (tertiary/aromatic N) is 3. The average molecular weight is 268 g/mol. The largest absolute Gasteiger partial charge is 0.383 e. The summed E-state index contributed by atoms with van der Waals surface area (Å²) < 4.78 is 6.89. The van der Waals surface area contributed by atoms with Crippen LogP contribution in [0.2, 0.25) is 0 Å². The molecule has 0 aliphatic rings. The van der Waals surface area contributed by atoms with Gasteiger partial charge in [-0.3, -0.25) is 4.79 Å². The van der Waals surface area contributed by atoms with Crippen molar-refractivity contribution < 1.29 is 9.53 Å². The van der Waals surface area contributed by atoms with E-state index in [9.17, 15) is 4.79 Å². The monoisotopic (exact) mass is 268 g/mol. The Bertz CT molecular complexity index is 392. The van der Waals surface area contributed by atoms with Crippen molar-refractivity contribution >= 4 is 5.91 Å². The standard InChI is InChI=1S/C13H24N4O2/c1-5-16(3)13(18)11(2)17-10-15-9-12(17)8-14-6-7-19-4/h9-11,14H,5-8H2,1-4H3. The zero-order valence-corrected chi connectivity index (χ0v) is 12.2. The van der Waals surface area contributed by atoms with Crippen molar-refractivity contribution in [2.24, 2.45) is 0 Å². The number of amides is 1. The molecule has 1 aromatic rings. The van der Waals surface area contributed by atoms with Crippen LogP contribution in [0.5, 0.6) is 0 Å². The van der Waals surface area contributed by atoms with E-state index in [1.165, 1.54) is 0 Å². The molecule has 0 saturated heterocycles. The molecule has 6 nitrogen and oxygen atoms in total. The smallest absolute Gasteiger partial charge is 0.245 e. The summed E-state index contributed by atoms with van der Waals surface area (Å²) >= 11 is 0. The third-order valence-electron chi connectivity index (χ3n) is 3.16. The van der Waals surface area contributed by atoms with E-state index in [1.807, 2.05) is 25.5 Å². The number of nitrogens with one attached hydrogen (secondary N) is 1. The highest BCUT2D eigenvalue weighted by atomic mass is 16.5. The fourth-order valence-electron chi connectivity index (χ4n) is 1.80. The summed E-state index contributed by atoms with van der Waals surface area (Å²) in [6, 6.07) is -0.230. The normalized spacial score (nSPS) is 12.4. The molecule has 1 N–H and O–H groups in total. The third kappa shape index (κ3) is 4.33. The zero-order valence-electron chi connectivity index (χ0n) is 12.2. The van der Waals surface area contributed by atoms with Crippen molar-refractivity contribution in [1.82, 2.24) is 19.8 Å². The number of imidazole rings is 1. The van der Waals surface area contributed by atoms with E-state index in [2.05, 4.69) is 10.3 Å². The zero-order chi connectivity index (χ0) is 14.3. The number of hydrogen-bond acceptors (Lipinski definition) is 4. The molecule has 1 heterocycles. The van der Waals surface area contributed by atoms with Gasteiger partial charge in [-0.05, 0) is 13.8 Å². The first-order valence-electron chi connectivity index (χ1n) is 6.57. The Morgan fingerprint density at radius 2 is 2.37 bits per heavy atom. The van der Waals surface area contributed by atoms with Crippen LogP contribution in [0.1, 0.15) is 25.6 Å². The van der Waals surface area contributed by atoms with Gasteiger partial charge in [-0.25, -0.2) is 4.98 Å². The maximum atomic E-state index is 12.1. The van der Waals surface area contributed by atoms with Crippen molar-refractivity contribution in [3.05, 3.63) is 18.2 Å². The molecule has 0 spiro atoms. The molecule has 0 aliphatic heterocycles. The highest BCUT2D eigenvalue weighted by molar-refractivity contribution is 5.79. The van der Waals surface area contributed by atoms with Crippen molar-refractivity contribution in [1.29, 1.82) is 0 Å². The quantitative estimate of drug-likeness (QED) is 0.704. The molecular weight excluding hydrogens is 244 g/mol. The predicted octanol–water partition coefficient (Wildman–Crippen LogP) is 0.658. The molecule has 108 valence electrons. The Labute approximate surface area is 114 Å². The third-order valence-corrected chi connectivity index (χ3v) is 3.16. The van der Waals surface area contributed by atoms with Crippen LogP contribution in [0.3, 0.4) is 0 Å². The summed E-state index contributed by atoms with van der Waals surface area (Å²) in [5.41, 5.74) is 1.00. The number of methoxy groups -OCH3 is 1. The number of carbonyl (C=O) groups is 1. The fourth-order valence-corrected chi connectivity index (χ4v) is 1.80. The van der Waals surface area contributed by atoms with Crippen LogP contribution in [-0.2, 0) is 16.1 Å². The van der Waals surface area contributed by atoms with E-state index in [-0.39, 0.29) is 11.9 Å². The van der Waals surface area contributed by atoms with E-state index in [0.29, 0.717) is 19.7 Å². The number of carbonyl (C=O) groups excluding carboxylic acids is 1. The van der Waals surface area contributed by atoms with E-state index in [0.717, 1.165) is 12.2 Å². The van der Waals surface area contributed by atoms with Crippen LogP contribution in [0.15, 0.2) is 12.5 Å². The highest BCUT2D eigenvalue weighted by Crippen LogP contribution is 2.12. The van der Waals surface area contributed by atoms with Crippen molar-refractivity contribution in [2.75, 3.05) is 33.9 Å².